The molecule has 131 valence electrons. The molecule has 1 radical (unpaired) electrons. The number of unbranched alkanes of at least 4 members (excludes halogenated alkanes) is 5. The maximum atomic E-state index is 11.4. The number of hydrogen-bond acceptors (Lipinski definition) is 2. The van der Waals surface area contributed by atoms with Crippen molar-refractivity contribution in [3.63, 3.8) is 0 Å². The molecule has 0 amide bonds. The van der Waals surface area contributed by atoms with Crippen molar-refractivity contribution in [1.82, 2.24) is 0 Å². The topological polar surface area (TPSA) is 26.3 Å². The number of allylic oxidation sites excluding steroid dienone is 6. The molecular weight excluding hydrogens is 391 g/mol. The van der Waals surface area contributed by atoms with Gasteiger partial charge in [0.1, 0.15) is 0 Å². The predicted molar refractivity (Wildman–Crippen MR) is 103 cm³/mol. The first kappa shape index (κ1) is 22.5. The van der Waals surface area contributed by atoms with E-state index in [-0.39, 0.29) is 5.97 Å². The average Bonchev–Trinajstić information content (AvgIpc) is 2.50. The van der Waals surface area contributed by atoms with Gasteiger partial charge in [0.15, 0.2) is 0 Å². The molecule has 0 aromatic heterocycles. The van der Waals surface area contributed by atoms with Gasteiger partial charge in [0.25, 0.3) is 0 Å². The summed E-state index contributed by atoms with van der Waals surface area (Å²) in [7, 11) is 0. The minimum absolute atomic E-state index is 0.0329. The van der Waals surface area contributed by atoms with Crippen LogP contribution in [0.5, 0.6) is 0 Å². The minimum atomic E-state index is -1.69. The van der Waals surface area contributed by atoms with E-state index in [0.717, 1.165) is 32.1 Å². The molecule has 0 saturated heterocycles. The molecule has 0 aliphatic heterocycles. The second-order valence-corrected chi connectivity index (χ2v) is 11.7. The van der Waals surface area contributed by atoms with Gasteiger partial charge in [-0.15, -0.1) is 0 Å². The number of hydrogen-bond donors (Lipinski definition) is 0. The van der Waals surface area contributed by atoms with Gasteiger partial charge in [-0.1, -0.05) is 31.2 Å². The number of rotatable bonds is 14. The molecular formula is C20H35O2Sn. The monoisotopic (exact) mass is 427 g/mol. The van der Waals surface area contributed by atoms with Crippen LogP contribution in [0.4, 0.5) is 0 Å². The standard InChI is InChI=1S/C18H30O2.2CH3.Sn/c1-2-3-4-5-6-7-8-9-10-11-12-13-14-15-16-17-18(19)20;;;/h3-4,6-7,9-10H,2,5,8,11-17H2,1H3,(H,19,20);2*1H3;/q;;;+1/p-1/b4-3-,7-6-,10-9-;;;. The Morgan fingerprint density at radius 2 is 1.39 bits per heavy atom. The Bertz CT molecular complexity index is 357. The van der Waals surface area contributed by atoms with Crippen molar-refractivity contribution in [2.45, 2.75) is 81.0 Å². The van der Waals surface area contributed by atoms with Gasteiger partial charge < -0.3 is 0 Å². The summed E-state index contributed by atoms with van der Waals surface area (Å²) in [5.41, 5.74) is 0. The molecule has 0 aromatic carbocycles. The van der Waals surface area contributed by atoms with E-state index in [1.807, 2.05) is 0 Å². The van der Waals surface area contributed by atoms with E-state index in [1.165, 1.54) is 25.7 Å². The van der Waals surface area contributed by atoms with Crippen LogP contribution < -0.4 is 0 Å². The molecule has 0 aliphatic rings. The fourth-order valence-electron chi connectivity index (χ4n) is 2.17. The summed E-state index contributed by atoms with van der Waals surface area (Å²) >= 11 is -1.69. The second-order valence-electron chi connectivity index (χ2n) is 5.98. The zero-order valence-electron chi connectivity index (χ0n) is 15.4. The molecule has 23 heavy (non-hydrogen) atoms. The van der Waals surface area contributed by atoms with Gasteiger partial charge in [0.05, 0.1) is 0 Å². The van der Waals surface area contributed by atoms with Crippen molar-refractivity contribution in [1.29, 1.82) is 0 Å². The van der Waals surface area contributed by atoms with Gasteiger partial charge >= 0.3 is 107 Å². The van der Waals surface area contributed by atoms with Crippen molar-refractivity contribution >= 4 is 26.1 Å². The fourth-order valence-corrected chi connectivity index (χ4v) is 3.76. The first-order chi connectivity index (χ1) is 11.2. The van der Waals surface area contributed by atoms with Gasteiger partial charge in [0.2, 0.25) is 0 Å². The molecule has 0 atom stereocenters. The molecule has 0 saturated carbocycles. The van der Waals surface area contributed by atoms with Crippen LogP contribution in [0.3, 0.4) is 0 Å². The SMILES string of the molecule is CC/C=C\C/C=C\C/C=C\CCCCCCCC(=O)[O][Sn]([CH3])[CH3]. The van der Waals surface area contributed by atoms with Gasteiger partial charge in [0, 0.05) is 0 Å². The number of carbonyl (C=O) groups is 1. The quantitative estimate of drug-likeness (QED) is 0.183. The summed E-state index contributed by atoms with van der Waals surface area (Å²) in [4.78, 5) is 15.6. The summed E-state index contributed by atoms with van der Waals surface area (Å²) in [6.07, 6.45) is 24.3. The van der Waals surface area contributed by atoms with E-state index in [1.54, 1.807) is 0 Å². The molecule has 0 aliphatic carbocycles. The van der Waals surface area contributed by atoms with E-state index in [0.29, 0.717) is 6.42 Å². The fraction of sp³-hybridized carbons (Fsp3) is 0.650. The van der Waals surface area contributed by atoms with Crippen molar-refractivity contribution < 1.29 is 7.87 Å². The first-order valence-electron chi connectivity index (χ1n) is 9.12. The van der Waals surface area contributed by atoms with Gasteiger partial charge in [-0.25, -0.2) is 0 Å². The summed E-state index contributed by atoms with van der Waals surface area (Å²) in [5.74, 6) is 0.0329. The van der Waals surface area contributed by atoms with Crippen LogP contribution >= 0.6 is 0 Å². The second kappa shape index (κ2) is 17.8. The molecule has 0 unspecified atom stereocenters. The first-order valence-corrected chi connectivity index (χ1v) is 16.0. The van der Waals surface area contributed by atoms with Crippen molar-refractivity contribution in [2.75, 3.05) is 0 Å². The van der Waals surface area contributed by atoms with E-state index in [4.69, 9.17) is 3.07 Å². The van der Waals surface area contributed by atoms with Crippen LogP contribution in [-0.2, 0) is 7.87 Å². The summed E-state index contributed by atoms with van der Waals surface area (Å²) in [6.45, 7) is 2.16. The molecule has 3 heteroatoms. The zero-order chi connectivity index (χ0) is 17.2. The molecule has 0 heterocycles. The Labute approximate surface area is 151 Å². The van der Waals surface area contributed by atoms with Gasteiger partial charge in [-0.2, -0.15) is 0 Å². The van der Waals surface area contributed by atoms with Crippen LogP contribution in [0.25, 0.3) is 0 Å². The Balaban J connectivity index is 3.31. The van der Waals surface area contributed by atoms with E-state index < -0.39 is 20.2 Å². The third-order valence-electron chi connectivity index (χ3n) is 3.35. The molecule has 0 N–H and O–H groups in total. The Morgan fingerprint density at radius 3 is 2.04 bits per heavy atom. The Morgan fingerprint density at radius 1 is 0.826 bits per heavy atom. The average molecular weight is 426 g/mol. The van der Waals surface area contributed by atoms with Crippen LogP contribution in [0, 0.1) is 0 Å². The number of carbonyl (C=O) groups excluding carboxylic acids is 1. The summed E-state index contributed by atoms with van der Waals surface area (Å²) in [6, 6.07) is 0. The van der Waals surface area contributed by atoms with Gasteiger partial charge in [-0.3, -0.25) is 0 Å². The predicted octanol–water partition coefficient (Wildman–Crippen LogP) is 6.37. The zero-order valence-corrected chi connectivity index (χ0v) is 18.2. The van der Waals surface area contributed by atoms with Crippen molar-refractivity contribution in [3.8, 4) is 0 Å². The molecule has 0 spiro atoms. The summed E-state index contributed by atoms with van der Waals surface area (Å²) < 4.78 is 5.31. The third kappa shape index (κ3) is 19.4. The Hall–Kier alpha value is -0.511. The molecule has 0 aromatic rings. The van der Waals surface area contributed by atoms with Crippen molar-refractivity contribution in [3.05, 3.63) is 36.5 Å². The van der Waals surface area contributed by atoms with Gasteiger partial charge in [-0.05, 0) is 12.8 Å². The van der Waals surface area contributed by atoms with E-state index in [2.05, 4.69) is 53.3 Å². The Kier molecular flexibility index (Phi) is 17.4. The molecule has 0 fully saturated rings. The molecule has 2 nitrogen and oxygen atoms in total. The van der Waals surface area contributed by atoms with Crippen LogP contribution in [0.2, 0.25) is 9.88 Å². The maximum absolute atomic E-state index is 11.4. The third-order valence-corrected chi connectivity index (χ3v) is 5.16. The van der Waals surface area contributed by atoms with Crippen LogP contribution in [-0.4, -0.2) is 26.1 Å². The normalized spacial score (nSPS) is 12.2. The van der Waals surface area contributed by atoms with Crippen molar-refractivity contribution in [2.24, 2.45) is 0 Å². The van der Waals surface area contributed by atoms with Crippen LogP contribution in [0.15, 0.2) is 36.5 Å². The van der Waals surface area contributed by atoms with E-state index in [9.17, 15) is 4.79 Å². The molecule has 0 rings (SSSR count). The molecule has 0 bridgehead atoms. The van der Waals surface area contributed by atoms with E-state index >= 15 is 0 Å². The van der Waals surface area contributed by atoms with Crippen LogP contribution in [0.1, 0.15) is 71.1 Å². The summed E-state index contributed by atoms with van der Waals surface area (Å²) in [5, 5.41) is 0.